The molecule has 1 aliphatic carbocycles. The van der Waals surface area contributed by atoms with Gasteiger partial charge in [0.2, 0.25) is 0 Å². The van der Waals surface area contributed by atoms with Crippen LogP contribution in [0.1, 0.15) is 39.2 Å². The Balaban J connectivity index is 2.35. The first-order valence-electron chi connectivity index (χ1n) is 7.45. The highest BCUT2D eigenvalue weighted by Gasteiger charge is 2.44. The Bertz CT molecular complexity index is 621. The molecular formula is C17H20BrNO3. The lowest BCUT2D eigenvalue weighted by Gasteiger charge is -2.38. The molecule has 0 heterocycles. The Morgan fingerprint density at radius 1 is 1.36 bits per heavy atom. The van der Waals surface area contributed by atoms with Gasteiger partial charge < -0.3 is 0 Å². The van der Waals surface area contributed by atoms with Crippen molar-refractivity contribution in [1.82, 2.24) is 0 Å². The molecule has 0 saturated heterocycles. The Kier molecular flexibility index (Phi) is 4.85. The van der Waals surface area contributed by atoms with E-state index in [9.17, 15) is 14.9 Å². The number of halogens is 1. The van der Waals surface area contributed by atoms with Gasteiger partial charge in [0.05, 0.1) is 9.25 Å². The summed E-state index contributed by atoms with van der Waals surface area (Å²) in [4.78, 5) is 23.1. The molecule has 0 bridgehead atoms. The number of Topliss-reactive ketones (excluding diaryl/α,β-unsaturated/α-hetero) is 1. The van der Waals surface area contributed by atoms with Gasteiger partial charge in [0.15, 0.2) is 5.78 Å². The van der Waals surface area contributed by atoms with Crippen molar-refractivity contribution in [2.75, 3.05) is 0 Å². The van der Waals surface area contributed by atoms with Crippen LogP contribution in [0.2, 0.25) is 0 Å². The first-order chi connectivity index (χ1) is 10.3. The van der Waals surface area contributed by atoms with E-state index in [4.69, 9.17) is 0 Å². The van der Waals surface area contributed by atoms with Crippen LogP contribution < -0.4 is 0 Å². The van der Waals surface area contributed by atoms with Gasteiger partial charge in [-0.2, -0.15) is 0 Å². The van der Waals surface area contributed by atoms with Crippen molar-refractivity contribution in [3.8, 4) is 0 Å². The summed E-state index contributed by atoms with van der Waals surface area (Å²) in [6.45, 7) is 6.15. The highest BCUT2D eigenvalue weighted by atomic mass is 79.9. The average molecular weight is 366 g/mol. The van der Waals surface area contributed by atoms with Crippen molar-refractivity contribution < 1.29 is 9.72 Å². The highest BCUT2D eigenvalue weighted by Crippen LogP contribution is 2.44. The average Bonchev–Trinajstić information content (AvgIpc) is 2.48. The van der Waals surface area contributed by atoms with Gasteiger partial charge in [0.1, 0.15) is 0 Å². The van der Waals surface area contributed by atoms with E-state index in [1.165, 1.54) is 12.1 Å². The molecule has 0 aliphatic heterocycles. The third-order valence-electron chi connectivity index (χ3n) is 4.45. The van der Waals surface area contributed by atoms with Gasteiger partial charge >= 0.3 is 0 Å². The molecule has 4 nitrogen and oxygen atoms in total. The molecule has 2 atom stereocenters. The van der Waals surface area contributed by atoms with E-state index in [0.717, 1.165) is 24.0 Å². The molecule has 1 aliphatic rings. The number of nitro benzene ring substituents is 1. The van der Waals surface area contributed by atoms with Crippen LogP contribution in [0.5, 0.6) is 0 Å². The van der Waals surface area contributed by atoms with E-state index in [0.29, 0.717) is 0 Å². The second-order valence-corrected chi connectivity index (χ2v) is 7.65. The molecule has 118 valence electrons. The third kappa shape index (κ3) is 3.14. The van der Waals surface area contributed by atoms with Gasteiger partial charge in [0, 0.05) is 17.7 Å². The van der Waals surface area contributed by atoms with E-state index in [1.54, 1.807) is 12.1 Å². The van der Waals surface area contributed by atoms with Crippen LogP contribution in [0.4, 0.5) is 5.69 Å². The minimum Gasteiger partial charge on any atom is -0.293 e. The number of rotatable bonds is 3. The Hall–Kier alpha value is -1.49. The zero-order valence-corrected chi connectivity index (χ0v) is 14.6. The fourth-order valence-corrected chi connectivity index (χ4v) is 3.25. The summed E-state index contributed by atoms with van der Waals surface area (Å²) in [5.74, 6) is 0.555. The Morgan fingerprint density at radius 2 is 1.95 bits per heavy atom. The monoisotopic (exact) mass is 365 g/mol. The van der Waals surface area contributed by atoms with E-state index < -0.39 is 9.25 Å². The van der Waals surface area contributed by atoms with E-state index in [1.807, 2.05) is 19.9 Å². The van der Waals surface area contributed by atoms with E-state index in [-0.39, 0.29) is 23.3 Å². The summed E-state index contributed by atoms with van der Waals surface area (Å²) in [7, 11) is 0. The standard InChI is InChI=1S/C17H20BrNO3/c1-11(2)17(18)9-8-12(3)15(16(17)20)10-13-4-6-14(7-5-13)19(21)22/h4-7,10-12H,8-9H2,1-3H3/b15-10+/t12-,17-/m0/s1. The zero-order valence-electron chi connectivity index (χ0n) is 13.0. The molecule has 1 aromatic rings. The summed E-state index contributed by atoms with van der Waals surface area (Å²) in [6, 6.07) is 6.30. The number of carbonyl (C=O) groups excluding carboxylic acids is 1. The first-order valence-corrected chi connectivity index (χ1v) is 8.24. The molecule has 0 amide bonds. The SMILES string of the molecule is CC(C)[C@@]1(Br)CC[C@H](C)/C(=C\c2ccc([N+](=O)[O-])cc2)C1=O. The molecule has 0 spiro atoms. The van der Waals surface area contributed by atoms with Gasteiger partial charge in [-0.15, -0.1) is 0 Å². The topological polar surface area (TPSA) is 60.2 Å². The molecular weight excluding hydrogens is 346 g/mol. The molecule has 5 heteroatoms. The number of nitro groups is 1. The van der Waals surface area contributed by atoms with Crippen LogP contribution >= 0.6 is 15.9 Å². The first kappa shape index (κ1) is 16.9. The Morgan fingerprint density at radius 3 is 2.45 bits per heavy atom. The summed E-state index contributed by atoms with van der Waals surface area (Å²) < 4.78 is -0.494. The largest absolute Gasteiger partial charge is 0.293 e. The predicted octanol–water partition coefficient (Wildman–Crippen LogP) is 4.77. The van der Waals surface area contributed by atoms with Crippen molar-refractivity contribution in [2.45, 2.75) is 37.9 Å². The highest BCUT2D eigenvalue weighted by molar-refractivity contribution is 9.10. The lowest BCUT2D eigenvalue weighted by molar-refractivity contribution is -0.384. The van der Waals surface area contributed by atoms with Crippen molar-refractivity contribution in [3.63, 3.8) is 0 Å². The van der Waals surface area contributed by atoms with Crippen molar-refractivity contribution in [2.24, 2.45) is 11.8 Å². The van der Waals surface area contributed by atoms with E-state index in [2.05, 4.69) is 22.9 Å². The van der Waals surface area contributed by atoms with Gasteiger partial charge in [-0.05, 0) is 48.4 Å². The lowest BCUT2D eigenvalue weighted by Crippen LogP contribution is -2.43. The van der Waals surface area contributed by atoms with E-state index >= 15 is 0 Å². The van der Waals surface area contributed by atoms with Crippen LogP contribution in [-0.2, 0) is 4.79 Å². The molecule has 0 aromatic heterocycles. The normalized spacial score (nSPS) is 27.4. The van der Waals surface area contributed by atoms with Gasteiger partial charge in [-0.1, -0.05) is 36.7 Å². The summed E-state index contributed by atoms with van der Waals surface area (Å²) in [5.41, 5.74) is 1.68. The van der Waals surface area contributed by atoms with Gasteiger partial charge in [0.25, 0.3) is 5.69 Å². The fraction of sp³-hybridized carbons (Fsp3) is 0.471. The zero-order chi connectivity index (χ0) is 16.5. The maximum absolute atomic E-state index is 12.9. The quantitative estimate of drug-likeness (QED) is 0.335. The van der Waals surface area contributed by atoms with Crippen molar-refractivity contribution in [3.05, 3.63) is 45.5 Å². The van der Waals surface area contributed by atoms with Crippen molar-refractivity contribution >= 4 is 33.5 Å². The number of carbonyl (C=O) groups is 1. The Labute approximate surface area is 138 Å². The molecule has 2 rings (SSSR count). The maximum atomic E-state index is 12.9. The number of alkyl halides is 1. The van der Waals surface area contributed by atoms with Crippen molar-refractivity contribution in [1.29, 1.82) is 0 Å². The fourth-order valence-electron chi connectivity index (χ4n) is 2.79. The number of hydrogen-bond acceptors (Lipinski definition) is 3. The molecule has 0 radical (unpaired) electrons. The van der Waals surface area contributed by atoms with Gasteiger partial charge in [-0.3, -0.25) is 14.9 Å². The minimum absolute atomic E-state index is 0.0576. The molecule has 1 saturated carbocycles. The van der Waals surface area contributed by atoms with Crippen LogP contribution in [0.3, 0.4) is 0 Å². The molecule has 1 aromatic carbocycles. The third-order valence-corrected chi connectivity index (χ3v) is 6.13. The minimum atomic E-state index is -0.494. The molecule has 0 unspecified atom stereocenters. The summed E-state index contributed by atoms with van der Waals surface area (Å²) in [6.07, 6.45) is 3.66. The number of non-ortho nitro benzene ring substituents is 1. The van der Waals surface area contributed by atoms with Gasteiger partial charge in [-0.25, -0.2) is 0 Å². The number of ketones is 1. The maximum Gasteiger partial charge on any atom is 0.269 e. The molecule has 0 N–H and O–H groups in total. The summed E-state index contributed by atoms with van der Waals surface area (Å²) in [5, 5.41) is 10.7. The summed E-state index contributed by atoms with van der Waals surface area (Å²) >= 11 is 3.66. The molecule has 22 heavy (non-hydrogen) atoms. The second-order valence-electron chi connectivity index (χ2n) is 6.23. The van der Waals surface area contributed by atoms with Crippen LogP contribution in [0.25, 0.3) is 6.08 Å². The molecule has 1 fully saturated rings. The number of hydrogen-bond donors (Lipinski definition) is 0. The van der Waals surface area contributed by atoms with Crippen LogP contribution in [-0.4, -0.2) is 15.0 Å². The smallest absolute Gasteiger partial charge is 0.269 e. The van der Waals surface area contributed by atoms with Crippen LogP contribution in [0, 0.1) is 22.0 Å². The number of nitrogens with zero attached hydrogens (tertiary/aromatic N) is 1. The number of allylic oxidation sites excluding steroid dienone is 1. The predicted molar refractivity (Wildman–Crippen MR) is 91.0 cm³/mol. The number of benzene rings is 1. The van der Waals surface area contributed by atoms with Crippen LogP contribution in [0.15, 0.2) is 29.8 Å². The second kappa shape index (κ2) is 6.32. The lowest BCUT2D eigenvalue weighted by atomic mass is 9.73.